The second-order valence-electron chi connectivity index (χ2n) is 5.63. The van der Waals surface area contributed by atoms with E-state index in [0.29, 0.717) is 37.0 Å². The Morgan fingerprint density at radius 1 is 1.17 bits per heavy atom. The van der Waals surface area contributed by atoms with E-state index >= 15 is 0 Å². The SMILES string of the molecule is CC(Oc1ccccc1Cl)C(=O)N1CCN(C(C)C(N)=O)CC1. The number of carbonyl (C=O) groups is 2. The van der Waals surface area contributed by atoms with Crippen LogP contribution in [0, 0.1) is 0 Å². The Morgan fingerprint density at radius 2 is 1.78 bits per heavy atom. The van der Waals surface area contributed by atoms with Crippen molar-refractivity contribution in [3.8, 4) is 5.75 Å². The Balaban J connectivity index is 1.89. The number of hydrogen-bond acceptors (Lipinski definition) is 4. The van der Waals surface area contributed by atoms with E-state index in [1.807, 2.05) is 11.0 Å². The first kappa shape index (κ1) is 17.6. The van der Waals surface area contributed by atoms with Gasteiger partial charge in [-0.1, -0.05) is 23.7 Å². The molecule has 126 valence electrons. The fourth-order valence-electron chi connectivity index (χ4n) is 2.55. The van der Waals surface area contributed by atoms with Gasteiger partial charge in [0.1, 0.15) is 5.75 Å². The van der Waals surface area contributed by atoms with Gasteiger partial charge in [-0.3, -0.25) is 14.5 Å². The first-order chi connectivity index (χ1) is 10.9. The van der Waals surface area contributed by atoms with Crippen molar-refractivity contribution >= 4 is 23.4 Å². The third-order valence-electron chi connectivity index (χ3n) is 4.07. The van der Waals surface area contributed by atoms with E-state index < -0.39 is 6.10 Å². The van der Waals surface area contributed by atoms with Crippen molar-refractivity contribution in [2.24, 2.45) is 5.73 Å². The maximum absolute atomic E-state index is 12.5. The maximum Gasteiger partial charge on any atom is 0.263 e. The smallest absolute Gasteiger partial charge is 0.263 e. The quantitative estimate of drug-likeness (QED) is 0.872. The van der Waals surface area contributed by atoms with Gasteiger partial charge in [0.05, 0.1) is 11.1 Å². The molecule has 0 spiro atoms. The fourth-order valence-corrected chi connectivity index (χ4v) is 2.73. The average molecular weight is 340 g/mol. The number of halogens is 1. The Labute approximate surface area is 141 Å². The van der Waals surface area contributed by atoms with Crippen molar-refractivity contribution in [3.05, 3.63) is 29.3 Å². The van der Waals surface area contributed by atoms with Gasteiger partial charge >= 0.3 is 0 Å². The first-order valence-corrected chi connectivity index (χ1v) is 8.01. The van der Waals surface area contributed by atoms with E-state index in [2.05, 4.69) is 0 Å². The highest BCUT2D eigenvalue weighted by molar-refractivity contribution is 6.32. The predicted molar refractivity (Wildman–Crippen MR) is 88.4 cm³/mol. The second-order valence-corrected chi connectivity index (χ2v) is 6.04. The number of nitrogens with two attached hydrogens (primary N) is 1. The van der Waals surface area contributed by atoms with E-state index in [9.17, 15) is 9.59 Å². The molecule has 2 N–H and O–H groups in total. The summed E-state index contributed by atoms with van der Waals surface area (Å²) in [6.07, 6.45) is -0.616. The van der Waals surface area contributed by atoms with Gasteiger partial charge in [-0.2, -0.15) is 0 Å². The highest BCUT2D eigenvalue weighted by atomic mass is 35.5. The van der Waals surface area contributed by atoms with E-state index in [1.165, 1.54) is 0 Å². The fraction of sp³-hybridized carbons (Fsp3) is 0.500. The van der Waals surface area contributed by atoms with Crippen LogP contribution in [-0.4, -0.2) is 59.9 Å². The zero-order valence-electron chi connectivity index (χ0n) is 13.4. The Hall–Kier alpha value is -1.79. The highest BCUT2D eigenvalue weighted by Gasteiger charge is 2.29. The molecule has 2 amide bonds. The Morgan fingerprint density at radius 3 is 2.35 bits per heavy atom. The summed E-state index contributed by atoms with van der Waals surface area (Å²) in [5, 5.41) is 0.479. The number of amides is 2. The molecule has 2 unspecified atom stereocenters. The molecular formula is C16H22ClN3O3. The molecular weight excluding hydrogens is 318 g/mol. The van der Waals surface area contributed by atoms with Crippen LogP contribution in [0.5, 0.6) is 5.75 Å². The van der Waals surface area contributed by atoms with Gasteiger partial charge in [0.15, 0.2) is 6.10 Å². The lowest BCUT2D eigenvalue weighted by molar-refractivity contribution is -0.140. The van der Waals surface area contributed by atoms with Crippen molar-refractivity contribution < 1.29 is 14.3 Å². The summed E-state index contributed by atoms with van der Waals surface area (Å²) in [6.45, 7) is 5.83. The summed E-state index contributed by atoms with van der Waals surface area (Å²) in [5.74, 6) is 0.0625. The number of ether oxygens (including phenoxy) is 1. The molecule has 2 rings (SSSR count). The molecule has 0 bridgehead atoms. The first-order valence-electron chi connectivity index (χ1n) is 7.63. The number of rotatable bonds is 5. The van der Waals surface area contributed by atoms with Gasteiger partial charge in [0.25, 0.3) is 5.91 Å². The molecule has 2 atom stereocenters. The summed E-state index contributed by atoms with van der Waals surface area (Å²) < 4.78 is 5.66. The van der Waals surface area contributed by atoms with Gasteiger partial charge in [-0.05, 0) is 26.0 Å². The summed E-state index contributed by atoms with van der Waals surface area (Å²) in [5.41, 5.74) is 5.32. The Bertz CT molecular complexity index is 573. The van der Waals surface area contributed by atoms with Crippen LogP contribution in [0.4, 0.5) is 0 Å². The van der Waals surface area contributed by atoms with Crippen molar-refractivity contribution in [2.75, 3.05) is 26.2 Å². The van der Waals surface area contributed by atoms with Crippen molar-refractivity contribution in [2.45, 2.75) is 26.0 Å². The number of benzene rings is 1. The number of hydrogen-bond donors (Lipinski definition) is 1. The molecule has 0 aliphatic carbocycles. The molecule has 0 aromatic heterocycles. The molecule has 23 heavy (non-hydrogen) atoms. The van der Waals surface area contributed by atoms with Gasteiger partial charge in [-0.15, -0.1) is 0 Å². The molecule has 1 aliphatic heterocycles. The zero-order valence-corrected chi connectivity index (χ0v) is 14.1. The molecule has 0 saturated carbocycles. The number of carbonyl (C=O) groups excluding carboxylic acids is 2. The highest BCUT2D eigenvalue weighted by Crippen LogP contribution is 2.24. The van der Waals surface area contributed by atoms with E-state index in [-0.39, 0.29) is 17.9 Å². The van der Waals surface area contributed by atoms with Gasteiger partial charge in [0.2, 0.25) is 5.91 Å². The molecule has 1 heterocycles. The van der Waals surface area contributed by atoms with Crippen LogP contribution in [0.3, 0.4) is 0 Å². The van der Waals surface area contributed by atoms with Crippen LogP contribution in [-0.2, 0) is 9.59 Å². The lowest BCUT2D eigenvalue weighted by Crippen LogP contribution is -2.56. The summed E-state index contributed by atoms with van der Waals surface area (Å²) in [7, 11) is 0. The average Bonchev–Trinajstić information content (AvgIpc) is 2.55. The lowest BCUT2D eigenvalue weighted by atomic mass is 10.2. The third kappa shape index (κ3) is 4.36. The standard InChI is InChI=1S/C16H22ClN3O3/c1-11(15(18)21)19-7-9-20(10-8-19)16(22)12(2)23-14-6-4-3-5-13(14)17/h3-6,11-12H,7-10H2,1-2H3,(H2,18,21). The second kappa shape index (κ2) is 7.66. The van der Waals surface area contributed by atoms with Crippen LogP contribution in [0.2, 0.25) is 5.02 Å². The number of nitrogens with zero attached hydrogens (tertiary/aromatic N) is 2. The minimum Gasteiger partial charge on any atom is -0.479 e. The van der Waals surface area contributed by atoms with Crippen LogP contribution < -0.4 is 10.5 Å². The van der Waals surface area contributed by atoms with Crippen LogP contribution in [0.25, 0.3) is 0 Å². The summed E-state index contributed by atoms with van der Waals surface area (Å²) in [4.78, 5) is 27.4. The molecule has 1 saturated heterocycles. The molecule has 1 aromatic rings. The van der Waals surface area contributed by atoms with Crippen LogP contribution in [0.1, 0.15) is 13.8 Å². The van der Waals surface area contributed by atoms with Gasteiger partial charge in [0, 0.05) is 26.2 Å². The van der Waals surface area contributed by atoms with Crippen molar-refractivity contribution in [1.82, 2.24) is 9.80 Å². The summed E-state index contributed by atoms with van der Waals surface area (Å²) in [6, 6.07) is 6.75. The molecule has 1 fully saturated rings. The normalized spacial score (nSPS) is 18.3. The maximum atomic E-state index is 12.5. The number of para-hydroxylation sites is 1. The molecule has 6 nitrogen and oxygen atoms in total. The number of piperazine rings is 1. The Kier molecular flexibility index (Phi) is 5.85. The van der Waals surface area contributed by atoms with Gasteiger partial charge < -0.3 is 15.4 Å². The van der Waals surface area contributed by atoms with E-state index in [0.717, 1.165) is 0 Å². The predicted octanol–water partition coefficient (Wildman–Crippen LogP) is 1.13. The van der Waals surface area contributed by atoms with E-state index in [1.54, 1.807) is 36.9 Å². The topological polar surface area (TPSA) is 75.9 Å². The molecule has 1 aliphatic rings. The van der Waals surface area contributed by atoms with Crippen LogP contribution in [0.15, 0.2) is 24.3 Å². The molecule has 1 aromatic carbocycles. The lowest BCUT2D eigenvalue weighted by Gasteiger charge is -2.37. The van der Waals surface area contributed by atoms with Crippen LogP contribution >= 0.6 is 11.6 Å². The zero-order chi connectivity index (χ0) is 17.0. The van der Waals surface area contributed by atoms with Crippen molar-refractivity contribution in [1.29, 1.82) is 0 Å². The van der Waals surface area contributed by atoms with Gasteiger partial charge in [-0.25, -0.2) is 0 Å². The minimum absolute atomic E-state index is 0.0868. The molecule has 7 heteroatoms. The third-order valence-corrected chi connectivity index (χ3v) is 4.39. The molecule has 0 radical (unpaired) electrons. The van der Waals surface area contributed by atoms with E-state index in [4.69, 9.17) is 22.1 Å². The minimum atomic E-state index is -0.616. The monoisotopic (exact) mass is 339 g/mol. The van der Waals surface area contributed by atoms with Crippen molar-refractivity contribution in [3.63, 3.8) is 0 Å². The largest absolute Gasteiger partial charge is 0.479 e. The summed E-state index contributed by atoms with van der Waals surface area (Å²) >= 11 is 6.04. The number of primary amides is 1.